The second-order valence-corrected chi connectivity index (χ2v) is 5.47. The number of benzene rings is 1. The lowest BCUT2D eigenvalue weighted by Crippen LogP contribution is -2.44. The number of carbonyl (C=O) groups excluding carboxylic acids is 1. The number of nitrogens with two attached hydrogens (primary N) is 1. The molecule has 0 atom stereocenters. The van der Waals surface area contributed by atoms with E-state index in [-0.39, 0.29) is 17.9 Å². The molecular weight excluding hydrogens is 328 g/mol. The molecule has 1 aromatic heterocycles. The molecule has 2 rings (SSSR count). The number of rotatable bonds is 6. The number of carbonyl (C=O) groups is 2. The van der Waals surface area contributed by atoms with Gasteiger partial charge in [0.2, 0.25) is 0 Å². The van der Waals surface area contributed by atoms with Crippen LogP contribution in [0.15, 0.2) is 39.9 Å². The molecule has 3 N–H and O–H groups in total. The van der Waals surface area contributed by atoms with E-state index in [1.165, 1.54) is 19.0 Å². The Morgan fingerprint density at radius 2 is 1.68 bits per heavy atom. The molecule has 9 nitrogen and oxygen atoms in total. The standard InChI is InChI=1S/C16H18N4O5/c1-18-14(17)13(15(24)19(2)16(18)25)11(21)8-20(9-12(22)23)10-6-4-3-5-7-10/h3-7H,8-9,17H2,1-2H3,(H,22,23). The van der Waals surface area contributed by atoms with E-state index < -0.39 is 29.5 Å². The Bertz CT molecular complexity index is 930. The minimum absolute atomic E-state index is 0.249. The summed E-state index contributed by atoms with van der Waals surface area (Å²) in [4.78, 5) is 49.1. The van der Waals surface area contributed by atoms with Gasteiger partial charge in [-0.1, -0.05) is 18.2 Å². The number of carboxylic acid groups (broad SMARTS) is 1. The van der Waals surface area contributed by atoms with Crippen LogP contribution in [0, 0.1) is 0 Å². The Balaban J connectivity index is 2.45. The zero-order valence-electron chi connectivity index (χ0n) is 13.8. The average Bonchev–Trinajstić information content (AvgIpc) is 2.58. The molecule has 0 spiro atoms. The van der Waals surface area contributed by atoms with E-state index in [1.807, 2.05) is 0 Å². The van der Waals surface area contributed by atoms with E-state index in [1.54, 1.807) is 30.3 Å². The largest absolute Gasteiger partial charge is 0.480 e. The van der Waals surface area contributed by atoms with Gasteiger partial charge in [-0.15, -0.1) is 0 Å². The zero-order chi connectivity index (χ0) is 18.7. The molecule has 0 amide bonds. The van der Waals surface area contributed by atoms with Crippen LogP contribution in [-0.2, 0) is 18.9 Å². The second kappa shape index (κ2) is 7.04. The minimum Gasteiger partial charge on any atom is -0.480 e. The van der Waals surface area contributed by atoms with Gasteiger partial charge < -0.3 is 15.7 Å². The fourth-order valence-electron chi connectivity index (χ4n) is 2.41. The summed E-state index contributed by atoms with van der Waals surface area (Å²) in [6, 6.07) is 8.46. The summed E-state index contributed by atoms with van der Waals surface area (Å²) in [5, 5.41) is 9.07. The number of nitrogen functional groups attached to an aromatic ring is 1. The second-order valence-electron chi connectivity index (χ2n) is 5.47. The fourth-order valence-corrected chi connectivity index (χ4v) is 2.41. The molecule has 0 aliphatic rings. The van der Waals surface area contributed by atoms with Crippen LogP contribution in [-0.4, -0.2) is 39.1 Å². The summed E-state index contributed by atoms with van der Waals surface area (Å²) >= 11 is 0. The van der Waals surface area contributed by atoms with E-state index >= 15 is 0 Å². The predicted molar refractivity (Wildman–Crippen MR) is 92.0 cm³/mol. The fraction of sp³-hybridized carbons (Fsp3) is 0.250. The lowest BCUT2D eigenvalue weighted by Gasteiger charge is -2.22. The molecule has 1 aromatic carbocycles. The molecule has 1 heterocycles. The van der Waals surface area contributed by atoms with Crippen LogP contribution in [0.5, 0.6) is 0 Å². The van der Waals surface area contributed by atoms with Gasteiger partial charge in [-0.3, -0.25) is 23.5 Å². The van der Waals surface area contributed by atoms with Gasteiger partial charge >= 0.3 is 11.7 Å². The number of para-hydroxylation sites is 1. The van der Waals surface area contributed by atoms with Crippen molar-refractivity contribution in [1.82, 2.24) is 9.13 Å². The molecule has 0 radical (unpaired) electrons. The maximum atomic E-state index is 12.6. The first-order valence-electron chi connectivity index (χ1n) is 7.34. The number of aliphatic carboxylic acids is 1. The van der Waals surface area contributed by atoms with Crippen LogP contribution in [0.2, 0.25) is 0 Å². The molecule has 0 aliphatic heterocycles. The third kappa shape index (κ3) is 3.60. The number of Topliss-reactive ketones (excluding diaryl/α,β-unsaturated/α-hetero) is 1. The van der Waals surface area contributed by atoms with Gasteiger partial charge in [0, 0.05) is 19.8 Å². The smallest absolute Gasteiger partial charge is 0.332 e. The molecule has 132 valence electrons. The first kappa shape index (κ1) is 18.0. The van der Waals surface area contributed by atoms with Crippen LogP contribution >= 0.6 is 0 Å². The van der Waals surface area contributed by atoms with Crippen LogP contribution in [0.4, 0.5) is 11.5 Å². The van der Waals surface area contributed by atoms with Crippen molar-refractivity contribution in [3.05, 3.63) is 56.7 Å². The summed E-state index contributed by atoms with van der Waals surface area (Å²) in [7, 11) is 2.59. The van der Waals surface area contributed by atoms with Crippen molar-refractivity contribution < 1.29 is 14.7 Å². The molecule has 2 aromatic rings. The van der Waals surface area contributed by atoms with Gasteiger partial charge in [-0.05, 0) is 12.1 Å². The number of hydrogen-bond acceptors (Lipinski definition) is 6. The van der Waals surface area contributed by atoms with Gasteiger partial charge in [0.25, 0.3) is 5.56 Å². The van der Waals surface area contributed by atoms with Crippen LogP contribution in [0.25, 0.3) is 0 Å². The molecule has 0 unspecified atom stereocenters. The third-order valence-electron chi connectivity index (χ3n) is 3.77. The van der Waals surface area contributed by atoms with Gasteiger partial charge in [0.1, 0.15) is 17.9 Å². The van der Waals surface area contributed by atoms with Crippen molar-refractivity contribution in [3.63, 3.8) is 0 Å². The Morgan fingerprint density at radius 3 is 2.24 bits per heavy atom. The molecular formula is C16H18N4O5. The van der Waals surface area contributed by atoms with Crippen molar-refractivity contribution in [3.8, 4) is 0 Å². The van der Waals surface area contributed by atoms with Crippen molar-refractivity contribution >= 4 is 23.3 Å². The highest BCUT2D eigenvalue weighted by Crippen LogP contribution is 2.14. The highest BCUT2D eigenvalue weighted by molar-refractivity contribution is 6.02. The summed E-state index contributed by atoms with van der Waals surface area (Å²) in [6.07, 6.45) is 0. The van der Waals surface area contributed by atoms with E-state index in [2.05, 4.69) is 0 Å². The Morgan fingerprint density at radius 1 is 1.08 bits per heavy atom. The van der Waals surface area contributed by atoms with Gasteiger partial charge in [0.05, 0.1) is 6.54 Å². The van der Waals surface area contributed by atoms with E-state index in [0.717, 1.165) is 9.13 Å². The Labute approximate surface area is 142 Å². The van der Waals surface area contributed by atoms with Crippen LogP contribution in [0.1, 0.15) is 10.4 Å². The molecule has 25 heavy (non-hydrogen) atoms. The van der Waals surface area contributed by atoms with Gasteiger partial charge in [-0.25, -0.2) is 4.79 Å². The lowest BCUT2D eigenvalue weighted by molar-refractivity contribution is -0.135. The average molecular weight is 346 g/mol. The number of aromatic nitrogens is 2. The predicted octanol–water partition coefficient (Wildman–Crippen LogP) is -0.560. The maximum Gasteiger partial charge on any atom is 0.332 e. The summed E-state index contributed by atoms with van der Waals surface area (Å²) in [6.45, 7) is -0.796. The molecule has 0 saturated carbocycles. The lowest BCUT2D eigenvalue weighted by atomic mass is 10.1. The summed E-state index contributed by atoms with van der Waals surface area (Å²) in [5.41, 5.74) is 4.48. The number of carboxylic acids is 1. The first-order valence-corrected chi connectivity index (χ1v) is 7.34. The molecule has 0 bridgehead atoms. The molecule has 0 saturated heterocycles. The quantitative estimate of drug-likeness (QED) is 0.671. The Kier molecular flexibility index (Phi) is 5.06. The minimum atomic E-state index is -1.13. The SMILES string of the molecule is Cn1c(N)c(C(=O)CN(CC(=O)O)c2ccccc2)c(=O)n(C)c1=O. The van der Waals surface area contributed by atoms with Gasteiger partial charge in [0.15, 0.2) is 5.78 Å². The van der Waals surface area contributed by atoms with Crippen LogP contribution in [0.3, 0.4) is 0 Å². The normalized spacial score (nSPS) is 10.5. The van der Waals surface area contributed by atoms with Crippen molar-refractivity contribution in [1.29, 1.82) is 0 Å². The van der Waals surface area contributed by atoms with Crippen molar-refractivity contribution in [2.24, 2.45) is 14.1 Å². The Hall–Kier alpha value is -3.36. The monoisotopic (exact) mass is 346 g/mol. The molecule has 9 heteroatoms. The molecule has 0 aliphatic carbocycles. The van der Waals surface area contributed by atoms with Crippen molar-refractivity contribution in [2.75, 3.05) is 23.7 Å². The summed E-state index contributed by atoms with van der Waals surface area (Å²) in [5.74, 6) is -2.04. The summed E-state index contributed by atoms with van der Waals surface area (Å²) < 4.78 is 1.78. The van der Waals surface area contributed by atoms with Crippen molar-refractivity contribution in [2.45, 2.75) is 0 Å². The number of ketones is 1. The van der Waals surface area contributed by atoms with E-state index in [4.69, 9.17) is 10.8 Å². The van der Waals surface area contributed by atoms with Crippen LogP contribution < -0.4 is 21.9 Å². The van der Waals surface area contributed by atoms with E-state index in [0.29, 0.717) is 5.69 Å². The van der Waals surface area contributed by atoms with E-state index in [9.17, 15) is 19.2 Å². The highest BCUT2D eigenvalue weighted by atomic mass is 16.4. The third-order valence-corrected chi connectivity index (χ3v) is 3.77. The zero-order valence-corrected chi connectivity index (χ0v) is 13.8. The highest BCUT2D eigenvalue weighted by Gasteiger charge is 2.23. The first-order chi connectivity index (χ1) is 11.7. The number of hydrogen-bond donors (Lipinski definition) is 2. The number of anilines is 2. The number of nitrogens with zero attached hydrogens (tertiary/aromatic N) is 3. The molecule has 0 fully saturated rings. The topological polar surface area (TPSA) is 128 Å². The maximum absolute atomic E-state index is 12.6. The van der Waals surface area contributed by atoms with Gasteiger partial charge in [-0.2, -0.15) is 0 Å².